The molecule has 0 aliphatic rings. The first-order valence-corrected chi connectivity index (χ1v) is 2.29. The molecule has 0 saturated heterocycles. The van der Waals surface area contributed by atoms with Crippen LogP contribution in [0.4, 0.5) is 0 Å². The molecule has 8 heavy (non-hydrogen) atoms. The van der Waals surface area contributed by atoms with E-state index in [1.165, 1.54) is 7.40 Å². The van der Waals surface area contributed by atoms with Gasteiger partial charge < -0.3 is 4.79 Å². The number of hydrogen-bond acceptors (Lipinski definition) is 1. The lowest BCUT2D eigenvalue weighted by molar-refractivity contribution is -0.0979. The predicted octanol–water partition coefficient (Wildman–Crippen LogP) is 3.14. The fraction of sp³-hybridized carbons (Fsp3) is 0.857. The molecule has 56 valence electrons. The minimum Gasteiger partial charge on any atom is -0.307 e. The summed E-state index contributed by atoms with van der Waals surface area (Å²) in [7, 11) is 1.25. The van der Waals surface area contributed by atoms with Gasteiger partial charge in [-0.15, -0.1) is 0 Å². The third kappa shape index (κ3) is 1140. The highest BCUT2D eigenvalue weighted by Gasteiger charge is 0.934. The van der Waals surface area contributed by atoms with E-state index in [1.54, 1.807) is 0 Å². The van der Waals surface area contributed by atoms with Gasteiger partial charge in [0.05, 0.1) is 0 Å². The van der Waals surface area contributed by atoms with Gasteiger partial charge >= 0.3 is 0 Å². The maximum absolute atomic E-state index is 8.00. The van der Waals surface area contributed by atoms with Crippen LogP contribution in [-0.2, 0) is 4.79 Å². The number of rotatable bonds is 0. The van der Waals surface area contributed by atoms with Crippen LogP contribution in [0.1, 0.15) is 43.9 Å². The van der Waals surface area contributed by atoms with E-state index in [2.05, 4.69) is 0 Å². The molecule has 0 rings (SSSR count). The van der Waals surface area contributed by atoms with Crippen LogP contribution in [0.5, 0.6) is 0 Å². The zero-order valence-electron chi connectivity index (χ0n) is 7.12. The Labute approximate surface area is 56.5 Å². The Hall–Kier alpha value is -0.330. The molecular weight excluding hydrogens is 100 g/mol. The molecule has 1 heteroatoms. The molecule has 0 aromatic rings. The van der Waals surface area contributed by atoms with Gasteiger partial charge in [0.15, 0.2) is 0 Å². The average molecular weight is 124 g/mol. The van der Waals surface area contributed by atoms with Gasteiger partial charge in [0.1, 0.15) is 6.79 Å². The Bertz CT molecular complexity index is 8.88. The van der Waals surface area contributed by atoms with Gasteiger partial charge in [0.25, 0.3) is 0 Å². The molecule has 0 aromatic heterocycles. The van der Waals surface area contributed by atoms with Crippen LogP contribution in [0.25, 0.3) is 0 Å². The zero-order chi connectivity index (χ0) is 8.00. The smallest absolute Gasteiger partial charge is 0.106 e. The Morgan fingerprint density at radius 3 is 1.00 bits per heavy atom. The molecule has 0 spiro atoms. The Balaban J connectivity index is -0.00000000762. The maximum atomic E-state index is 8.00. The van der Waals surface area contributed by atoms with E-state index in [0.29, 0.717) is 0 Å². The summed E-state index contributed by atoms with van der Waals surface area (Å²) in [5, 5.41) is 0. The SMILES string of the molecule is C.C=O.CC.CC.[3H]C. The summed E-state index contributed by atoms with van der Waals surface area (Å²) < 4.78 is 5.75. The van der Waals surface area contributed by atoms with Crippen molar-refractivity contribution in [2.24, 2.45) is 0 Å². The Morgan fingerprint density at radius 1 is 1.00 bits per heavy atom. The monoisotopic (exact) mass is 124 g/mol. The number of hydrogen-bond donors (Lipinski definition) is 0. The highest BCUT2D eigenvalue weighted by Crippen LogP contribution is 1.15. The molecule has 0 aliphatic carbocycles. The fourth-order valence-corrected chi connectivity index (χ4v) is 0. The second kappa shape index (κ2) is 1970. The lowest BCUT2D eigenvalue weighted by Gasteiger charge is -1.07. The van der Waals surface area contributed by atoms with Crippen LogP contribution in [-0.4, -0.2) is 6.79 Å². The Kier molecular flexibility index (Phi) is 6240. The molecular formula is C7H22O. The summed E-state index contributed by atoms with van der Waals surface area (Å²) >= 11 is 0. The van der Waals surface area contributed by atoms with Crippen molar-refractivity contribution >= 4 is 6.79 Å². The van der Waals surface area contributed by atoms with Crippen LogP contribution >= 0.6 is 0 Å². The first-order chi connectivity index (χ1) is 4.00. The van der Waals surface area contributed by atoms with Gasteiger partial charge in [0, 0.05) is 1.37 Å². The zero-order valence-corrected chi connectivity index (χ0v) is 6.12. The molecule has 0 aliphatic heterocycles. The van der Waals surface area contributed by atoms with Crippen LogP contribution < -0.4 is 0 Å². The normalized spacial score (nSPS) is 2.88. The van der Waals surface area contributed by atoms with Crippen LogP contribution in [0, 0.1) is 0 Å². The molecule has 0 amide bonds. The molecule has 0 radical (unpaired) electrons. The largest absolute Gasteiger partial charge is 0.307 e. The predicted molar refractivity (Wildman–Crippen MR) is 43.3 cm³/mol. The molecule has 0 saturated carbocycles. The van der Waals surface area contributed by atoms with Crippen molar-refractivity contribution in [1.82, 2.24) is 0 Å². The molecule has 0 N–H and O–H groups in total. The summed E-state index contributed by atoms with van der Waals surface area (Å²) in [4.78, 5) is 8.00. The molecule has 0 aromatic carbocycles. The van der Waals surface area contributed by atoms with E-state index in [4.69, 9.17) is 6.17 Å². The van der Waals surface area contributed by atoms with Crippen molar-refractivity contribution in [3.05, 3.63) is 0 Å². The van der Waals surface area contributed by atoms with E-state index < -0.39 is 0 Å². The topological polar surface area (TPSA) is 17.1 Å². The summed E-state index contributed by atoms with van der Waals surface area (Å²) in [5.41, 5.74) is 0. The summed E-state index contributed by atoms with van der Waals surface area (Å²) in [5.74, 6) is 0. The summed E-state index contributed by atoms with van der Waals surface area (Å²) in [6.07, 6.45) is 0. The third-order valence-electron chi connectivity index (χ3n) is 0. The average Bonchev–Trinajstić information content (AvgIpc) is 2.03. The maximum Gasteiger partial charge on any atom is 0.106 e. The third-order valence-corrected chi connectivity index (χ3v) is 0. The van der Waals surface area contributed by atoms with E-state index in [0.717, 1.165) is 0 Å². The van der Waals surface area contributed by atoms with E-state index in [9.17, 15) is 0 Å². The van der Waals surface area contributed by atoms with Crippen molar-refractivity contribution < 1.29 is 6.17 Å². The van der Waals surface area contributed by atoms with Crippen molar-refractivity contribution in [3.8, 4) is 0 Å². The summed E-state index contributed by atoms with van der Waals surface area (Å²) in [6, 6.07) is 0. The lowest BCUT2D eigenvalue weighted by atomic mass is 11.0. The molecule has 0 bridgehead atoms. The molecule has 1 nitrogen and oxygen atoms in total. The van der Waals surface area contributed by atoms with E-state index in [-0.39, 0.29) is 7.43 Å². The minimum atomic E-state index is 0. The van der Waals surface area contributed by atoms with Crippen molar-refractivity contribution in [1.29, 1.82) is 0 Å². The Morgan fingerprint density at radius 2 is 1.00 bits per heavy atom. The first kappa shape index (κ1) is 25.3. The van der Waals surface area contributed by atoms with E-state index >= 15 is 0 Å². The number of carbonyl (C=O) groups is 1. The van der Waals surface area contributed by atoms with Gasteiger partial charge in [-0.1, -0.05) is 42.5 Å². The molecule has 0 unspecified atom stereocenters. The van der Waals surface area contributed by atoms with Crippen LogP contribution in [0.15, 0.2) is 0 Å². The quantitative estimate of drug-likeness (QED) is 0.485. The van der Waals surface area contributed by atoms with Crippen molar-refractivity contribution in [2.75, 3.05) is 0 Å². The van der Waals surface area contributed by atoms with Crippen molar-refractivity contribution in [2.45, 2.75) is 42.5 Å². The second-order valence-electron chi connectivity index (χ2n) is 0. The van der Waals surface area contributed by atoms with Gasteiger partial charge in [-0.2, -0.15) is 0 Å². The van der Waals surface area contributed by atoms with Gasteiger partial charge in [-0.3, -0.25) is 0 Å². The van der Waals surface area contributed by atoms with Gasteiger partial charge in [0.2, 0.25) is 0 Å². The second-order valence-corrected chi connectivity index (χ2v) is 0. The van der Waals surface area contributed by atoms with E-state index in [1.807, 2.05) is 34.5 Å². The first-order valence-electron chi connectivity index (χ1n) is 3.29. The van der Waals surface area contributed by atoms with Crippen LogP contribution in [0.2, 0.25) is 0 Å². The molecule has 0 atom stereocenters. The van der Waals surface area contributed by atoms with Gasteiger partial charge in [-0.25, -0.2) is 0 Å². The highest BCUT2D eigenvalue weighted by molar-refractivity contribution is 5.10. The minimum absolute atomic E-state index is 0. The standard InChI is InChI=1S/2C2H6.CH2O.2CH4/c3*1-2;;/h2*1-2H3;1H2;2*1H4/i;;;1T;. The van der Waals surface area contributed by atoms with Gasteiger partial charge in [-0.05, 0) is 0 Å². The number of carbonyl (C=O) groups excluding carboxylic acids is 1. The molecule has 0 fully saturated rings. The fourth-order valence-electron chi connectivity index (χ4n) is 0. The summed E-state index contributed by atoms with van der Waals surface area (Å²) in [6.45, 7) is 10.0. The highest BCUT2D eigenvalue weighted by atomic mass is 16.1. The van der Waals surface area contributed by atoms with Crippen molar-refractivity contribution in [3.63, 3.8) is 0 Å². The lowest BCUT2D eigenvalue weighted by Crippen LogP contribution is -0.925. The van der Waals surface area contributed by atoms with Crippen LogP contribution in [0.3, 0.4) is 0 Å². The molecule has 0 heterocycles.